The molecular weight excluding hydrogens is 220 g/mol. The fourth-order valence-corrected chi connectivity index (χ4v) is 3.86. The molecule has 0 bridgehead atoms. The van der Waals surface area contributed by atoms with Crippen LogP contribution in [0.25, 0.3) is 0 Å². The molecule has 2 unspecified atom stereocenters. The van der Waals surface area contributed by atoms with E-state index in [1.54, 1.807) is 0 Å². The lowest BCUT2D eigenvalue weighted by atomic mass is 9.80. The molecule has 0 N–H and O–H groups in total. The van der Waals surface area contributed by atoms with Crippen molar-refractivity contribution in [2.24, 2.45) is 23.7 Å². The van der Waals surface area contributed by atoms with Crippen molar-refractivity contribution in [3.8, 4) is 0 Å². The quantitative estimate of drug-likeness (QED) is 0.759. The van der Waals surface area contributed by atoms with Gasteiger partial charge in [-0.15, -0.1) is 0 Å². The molecule has 2 aliphatic heterocycles. The topological polar surface area (TPSA) is 6.48 Å². The van der Waals surface area contributed by atoms with Gasteiger partial charge in [-0.1, -0.05) is 27.7 Å². The smallest absolute Gasteiger partial charge is 0.00134 e. The number of hydrogen-bond acceptors (Lipinski definition) is 2. The third-order valence-corrected chi connectivity index (χ3v) is 4.53. The van der Waals surface area contributed by atoms with Crippen molar-refractivity contribution in [2.45, 2.75) is 40.5 Å². The molecule has 0 amide bonds. The van der Waals surface area contributed by atoms with E-state index in [0.29, 0.717) is 0 Å². The van der Waals surface area contributed by atoms with Gasteiger partial charge in [0.15, 0.2) is 0 Å². The average Bonchev–Trinajstić information content (AvgIpc) is 2.27. The van der Waals surface area contributed by atoms with Crippen LogP contribution in [0.1, 0.15) is 40.5 Å². The molecule has 0 aromatic heterocycles. The van der Waals surface area contributed by atoms with E-state index in [9.17, 15) is 0 Å². The highest BCUT2D eigenvalue weighted by atomic mass is 15.2. The molecule has 2 nitrogen and oxygen atoms in total. The zero-order chi connectivity index (χ0) is 13.1. The van der Waals surface area contributed by atoms with Gasteiger partial charge in [-0.2, -0.15) is 0 Å². The van der Waals surface area contributed by atoms with Crippen LogP contribution in [0.15, 0.2) is 0 Å². The van der Waals surface area contributed by atoms with Crippen LogP contribution >= 0.6 is 0 Å². The molecule has 2 rings (SSSR count). The molecule has 18 heavy (non-hydrogen) atoms. The minimum Gasteiger partial charge on any atom is -0.303 e. The number of fused-ring (bicyclic) bond motifs is 1. The molecule has 0 radical (unpaired) electrons. The second-order valence-corrected chi connectivity index (χ2v) is 7.40. The van der Waals surface area contributed by atoms with Gasteiger partial charge >= 0.3 is 0 Å². The van der Waals surface area contributed by atoms with Crippen molar-refractivity contribution < 1.29 is 0 Å². The van der Waals surface area contributed by atoms with Crippen molar-refractivity contribution >= 4 is 0 Å². The van der Waals surface area contributed by atoms with Crippen LogP contribution in [0.3, 0.4) is 0 Å². The van der Waals surface area contributed by atoms with Crippen molar-refractivity contribution in [3.05, 3.63) is 0 Å². The Kier molecular flexibility index (Phi) is 5.08. The van der Waals surface area contributed by atoms with Crippen LogP contribution < -0.4 is 0 Å². The molecule has 2 heterocycles. The number of rotatable bonds is 4. The first kappa shape index (κ1) is 14.3. The number of nitrogens with zero attached hydrogens (tertiary/aromatic N) is 2. The van der Waals surface area contributed by atoms with Gasteiger partial charge in [0.2, 0.25) is 0 Å². The van der Waals surface area contributed by atoms with Crippen molar-refractivity contribution in [3.63, 3.8) is 0 Å². The molecule has 0 aliphatic carbocycles. The lowest BCUT2D eigenvalue weighted by Crippen LogP contribution is -2.50. The molecule has 0 saturated carbocycles. The van der Waals surface area contributed by atoms with Crippen LogP contribution in [0, 0.1) is 23.7 Å². The van der Waals surface area contributed by atoms with Crippen LogP contribution in [-0.4, -0.2) is 49.1 Å². The van der Waals surface area contributed by atoms with Gasteiger partial charge in [0.1, 0.15) is 0 Å². The summed E-state index contributed by atoms with van der Waals surface area (Å²) in [5, 5.41) is 0. The van der Waals surface area contributed by atoms with Crippen LogP contribution in [0.5, 0.6) is 0 Å². The maximum absolute atomic E-state index is 2.71. The van der Waals surface area contributed by atoms with Crippen LogP contribution in [-0.2, 0) is 0 Å². The predicted molar refractivity (Wildman–Crippen MR) is 78.8 cm³/mol. The Balaban J connectivity index is 1.80. The van der Waals surface area contributed by atoms with Gasteiger partial charge in [-0.3, -0.25) is 0 Å². The monoisotopic (exact) mass is 252 g/mol. The Morgan fingerprint density at radius 2 is 1.17 bits per heavy atom. The summed E-state index contributed by atoms with van der Waals surface area (Å²) in [6.45, 7) is 17.4. The van der Waals surface area contributed by atoms with E-state index < -0.39 is 0 Å². The Hall–Kier alpha value is -0.0800. The second kappa shape index (κ2) is 6.38. The Bertz CT molecular complexity index is 223. The number of hydrogen-bond donors (Lipinski definition) is 0. The zero-order valence-corrected chi connectivity index (χ0v) is 12.9. The summed E-state index contributed by atoms with van der Waals surface area (Å²) in [4.78, 5) is 5.42. The van der Waals surface area contributed by atoms with E-state index >= 15 is 0 Å². The normalized spacial score (nSPS) is 31.0. The highest BCUT2D eigenvalue weighted by Crippen LogP contribution is 2.31. The predicted octanol–water partition coefficient (Wildman–Crippen LogP) is 2.94. The summed E-state index contributed by atoms with van der Waals surface area (Å²) in [6.07, 6.45) is 2.87. The van der Waals surface area contributed by atoms with E-state index in [-0.39, 0.29) is 0 Å². The molecule has 106 valence electrons. The molecule has 0 aromatic rings. The number of likely N-dealkylation sites (tertiary alicyclic amines) is 2. The fourth-order valence-electron chi connectivity index (χ4n) is 3.86. The van der Waals surface area contributed by atoms with Crippen LogP contribution in [0.4, 0.5) is 0 Å². The molecule has 0 spiro atoms. The summed E-state index contributed by atoms with van der Waals surface area (Å²) in [5.74, 6) is 3.62. The first-order valence-electron chi connectivity index (χ1n) is 7.99. The third kappa shape index (κ3) is 3.96. The van der Waals surface area contributed by atoms with Gasteiger partial charge in [0.25, 0.3) is 0 Å². The molecule has 2 saturated heterocycles. The highest BCUT2D eigenvalue weighted by molar-refractivity contribution is 4.87. The molecule has 2 aliphatic rings. The third-order valence-electron chi connectivity index (χ3n) is 4.53. The standard InChI is InChI=1S/C16H32N2/c1-13(2)9-17-7-5-16-12-18(10-14(3)4)8-6-15(16)11-17/h13-16H,5-12H2,1-4H3. The average molecular weight is 252 g/mol. The fraction of sp³-hybridized carbons (Fsp3) is 1.00. The lowest BCUT2D eigenvalue weighted by Gasteiger charge is -2.45. The van der Waals surface area contributed by atoms with E-state index in [0.717, 1.165) is 23.7 Å². The Morgan fingerprint density at radius 3 is 1.50 bits per heavy atom. The Morgan fingerprint density at radius 1 is 0.778 bits per heavy atom. The first-order valence-corrected chi connectivity index (χ1v) is 7.99. The zero-order valence-electron chi connectivity index (χ0n) is 12.9. The van der Waals surface area contributed by atoms with Gasteiger partial charge < -0.3 is 9.80 Å². The maximum atomic E-state index is 2.71. The summed E-state index contributed by atoms with van der Waals surface area (Å²) in [6, 6.07) is 0. The van der Waals surface area contributed by atoms with Crippen molar-refractivity contribution in [1.82, 2.24) is 9.80 Å². The largest absolute Gasteiger partial charge is 0.303 e. The van der Waals surface area contributed by atoms with Gasteiger partial charge in [0.05, 0.1) is 0 Å². The minimum absolute atomic E-state index is 0.822. The summed E-state index contributed by atoms with van der Waals surface area (Å²) >= 11 is 0. The summed E-state index contributed by atoms with van der Waals surface area (Å²) in [5.41, 5.74) is 0. The second-order valence-electron chi connectivity index (χ2n) is 7.40. The van der Waals surface area contributed by atoms with Crippen molar-refractivity contribution in [1.29, 1.82) is 0 Å². The van der Waals surface area contributed by atoms with E-state index in [2.05, 4.69) is 37.5 Å². The van der Waals surface area contributed by atoms with Gasteiger partial charge in [0, 0.05) is 26.2 Å². The molecule has 0 aromatic carbocycles. The Labute approximate surface area is 114 Å². The lowest BCUT2D eigenvalue weighted by molar-refractivity contribution is 0.0342. The number of piperidine rings is 2. The SMILES string of the molecule is CC(C)CN1CCC2CN(CC(C)C)CCC2C1. The van der Waals surface area contributed by atoms with Crippen molar-refractivity contribution in [2.75, 3.05) is 39.3 Å². The van der Waals surface area contributed by atoms with Gasteiger partial charge in [-0.05, 0) is 49.6 Å². The van der Waals surface area contributed by atoms with Gasteiger partial charge in [-0.25, -0.2) is 0 Å². The van der Waals surface area contributed by atoms with Crippen LogP contribution in [0.2, 0.25) is 0 Å². The molecule has 2 heteroatoms. The minimum atomic E-state index is 0.822. The highest BCUT2D eigenvalue weighted by Gasteiger charge is 2.33. The maximum Gasteiger partial charge on any atom is 0.00134 e. The van der Waals surface area contributed by atoms with E-state index in [4.69, 9.17) is 0 Å². The van der Waals surface area contributed by atoms with E-state index in [1.165, 1.54) is 52.1 Å². The molecule has 2 fully saturated rings. The first-order chi connectivity index (χ1) is 8.54. The summed E-state index contributed by atoms with van der Waals surface area (Å²) < 4.78 is 0. The van der Waals surface area contributed by atoms with E-state index in [1.807, 2.05) is 0 Å². The molecule has 2 atom stereocenters. The summed E-state index contributed by atoms with van der Waals surface area (Å²) in [7, 11) is 0. The molecular formula is C16H32N2.